The molecular formula is C4H11N2O2S-. The zero-order valence-corrected chi connectivity index (χ0v) is 5.95. The number of hydrogen-bond acceptors (Lipinski definition) is 3. The van der Waals surface area contributed by atoms with E-state index in [9.17, 15) is 8.76 Å². The van der Waals surface area contributed by atoms with Crippen molar-refractivity contribution in [3.05, 3.63) is 0 Å². The number of nitrogens with two attached hydrogens (primary N) is 1. The molecule has 0 aromatic rings. The third-order valence-electron chi connectivity index (χ3n) is 0.851. The van der Waals surface area contributed by atoms with Gasteiger partial charge >= 0.3 is 0 Å². The first-order chi connectivity index (χ1) is 4.27. The molecule has 3 N–H and O–H groups in total. The van der Waals surface area contributed by atoms with Gasteiger partial charge in [-0.3, -0.25) is 4.21 Å². The highest BCUT2D eigenvalue weighted by Gasteiger charge is 1.83. The normalized spacial score (nSPS) is 13.6. The molecule has 0 aliphatic carbocycles. The smallest absolute Gasteiger partial charge is 0.0181 e. The molecule has 0 saturated heterocycles. The Morgan fingerprint density at radius 2 is 2.22 bits per heavy atom. The fraction of sp³-hybridized carbons (Fsp3) is 1.00. The van der Waals surface area contributed by atoms with Gasteiger partial charge in [0.25, 0.3) is 0 Å². The van der Waals surface area contributed by atoms with Crippen molar-refractivity contribution in [3.63, 3.8) is 0 Å². The fourth-order valence-electron chi connectivity index (χ4n) is 0.425. The summed E-state index contributed by atoms with van der Waals surface area (Å²) in [5, 5.41) is 0. The van der Waals surface area contributed by atoms with E-state index in [1.807, 2.05) is 0 Å². The summed E-state index contributed by atoms with van der Waals surface area (Å²) in [6.45, 7) is 1.11. The Morgan fingerprint density at radius 3 is 2.67 bits per heavy atom. The topological polar surface area (TPSA) is 78.2 Å². The molecule has 0 aromatic carbocycles. The fourth-order valence-corrected chi connectivity index (χ4v) is 0.736. The molecule has 0 saturated carbocycles. The average Bonchev–Trinajstić information content (AvgIpc) is 1.80. The van der Waals surface area contributed by atoms with E-state index in [0.717, 1.165) is 12.8 Å². The molecular weight excluding hydrogens is 140 g/mol. The van der Waals surface area contributed by atoms with Crippen LogP contribution in [0.15, 0.2) is 0 Å². The van der Waals surface area contributed by atoms with Gasteiger partial charge in [-0.1, -0.05) is 0 Å². The monoisotopic (exact) mass is 151 g/mol. The molecule has 0 amide bonds. The Balaban J connectivity index is 2.83. The highest BCUT2D eigenvalue weighted by Crippen LogP contribution is 1.81. The van der Waals surface area contributed by atoms with Crippen molar-refractivity contribution in [1.29, 1.82) is 0 Å². The summed E-state index contributed by atoms with van der Waals surface area (Å²) in [7, 11) is 0. The van der Waals surface area contributed by atoms with Gasteiger partial charge in [0, 0.05) is 17.8 Å². The summed E-state index contributed by atoms with van der Waals surface area (Å²) in [6, 6.07) is 0. The molecule has 1 unspecified atom stereocenters. The van der Waals surface area contributed by atoms with Gasteiger partial charge in [0.05, 0.1) is 0 Å². The Labute approximate surface area is 57.2 Å². The van der Waals surface area contributed by atoms with E-state index < -0.39 is 11.3 Å². The van der Waals surface area contributed by atoms with Gasteiger partial charge in [0.2, 0.25) is 0 Å². The van der Waals surface area contributed by atoms with E-state index in [1.54, 1.807) is 0 Å². The van der Waals surface area contributed by atoms with Crippen LogP contribution in [0.2, 0.25) is 0 Å². The van der Waals surface area contributed by atoms with Crippen LogP contribution in [0.4, 0.5) is 0 Å². The van der Waals surface area contributed by atoms with Crippen LogP contribution in [0.3, 0.4) is 0 Å². The minimum Gasteiger partial charge on any atom is -0.760 e. The third kappa shape index (κ3) is 8.03. The first-order valence-corrected chi connectivity index (χ1v) is 3.87. The SMILES string of the molecule is NCCCCNS(=O)[O-]. The van der Waals surface area contributed by atoms with Gasteiger partial charge < -0.3 is 10.3 Å². The zero-order valence-electron chi connectivity index (χ0n) is 5.13. The lowest BCUT2D eigenvalue weighted by molar-refractivity contribution is 0.520. The predicted molar refractivity (Wildman–Crippen MR) is 35.2 cm³/mol. The second-order valence-corrected chi connectivity index (χ2v) is 2.38. The van der Waals surface area contributed by atoms with Gasteiger partial charge in [-0.15, -0.1) is 0 Å². The van der Waals surface area contributed by atoms with Gasteiger partial charge in [-0.05, 0) is 19.4 Å². The van der Waals surface area contributed by atoms with Crippen LogP contribution >= 0.6 is 0 Å². The van der Waals surface area contributed by atoms with Gasteiger partial charge in [-0.2, -0.15) is 0 Å². The number of rotatable bonds is 5. The van der Waals surface area contributed by atoms with Crippen LogP contribution in [0.25, 0.3) is 0 Å². The number of unbranched alkanes of at least 4 members (excludes halogenated alkanes) is 1. The molecule has 56 valence electrons. The molecule has 1 atom stereocenters. The van der Waals surface area contributed by atoms with E-state index in [-0.39, 0.29) is 0 Å². The largest absolute Gasteiger partial charge is 0.760 e. The quantitative estimate of drug-likeness (QED) is 0.395. The molecule has 4 nitrogen and oxygen atoms in total. The van der Waals surface area contributed by atoms with E-state index in [1.165, 1.54) is 0 Å². The highest BCUT2D eigenvalue weighted by atomic mass is 32.2. The summed E-state index contributed by atoms with van der Waals surface area (Å²) in [5.41, 5.74) is 5.16. The van der Waals surface area contributed by atoms with Crippen LogP contribution < -0.4 is 10.5 Å². The first-order valence-electron chi connectivity index (χ1n) is 2.80. The number of hydrogen-bond donors (Lipinski definition) is 2. The standard InChI is InChI=1S/C4H12N2O2S/c5-3-1-2-4-6-9(7)8/h6H,1-5H2,(H,7,8)/p-1. The van der Waals surface area contributed by atoms with Crippen LogP contribution in [0.1, 0.15) is 12.8 Å². The second kappa shape index (κ2) is 6.15. The maximum absolute atomic E-state index is 9.82. The van der Waals surface area contributed by atoms with E-state index in [0.29, 0.717) is 13.1 Å². The van der Waals surface area contributed by atoms with Crippen molar-refractivity contribution >= 4 is 11.3 Å². The molecule has 0 rings (SSSR count). The van der Waals surface area contributed by atoms with Crippen LogP contribution in [-0.4, -0.2) is 21.9 Å². The van der Waals surface area contributed by atoms with Crippen molar-refractivity contribution in [3.8, 4) is 0 Å². The third-order valence-corrected chi connectivity index (χ3v) is 1.29. The lowest BCUT2D eigenvalue weighted by Crippen LogP contribution is -2.18. The second-order valence-electron chi connectivity index (χ2n) is 1.62. The molecule has 0 aliphatic rings. The number of nitrogens with one attached hydrogen (secondary N) is 1. The summed E-state index contributed by atoms with van der Waals surface area (Å²) in [6.07, 6.45) is 1.68. The molecule has 0 aromatic heterocycles. The maximum atomic E-state index is 9.82. The van der Waals surface area contributed by atoms with Crippen molar-refractivity contribution in [2.75, 3.05) is 13.1 Å². The van der Waals surface area contributed by atoms with Gasteiger partial charge in [0.15, 0.2) is 0 Å². The molecule has 0 bridgehead atoms. The molecule has 0 aliphatic heterocycles. The highest BCUT2D eigenvalue weighted by molar-refractivity contribution is 7.77. The van der Waals surface area contributed by atoms with Gasteiger partial charge in [0.1, 0.15) is 0 Å². The van der Waals surface area contributed by atoms with Crippen molar-refractivity contribution < 1.29 is 8.76 Å². The lowest BCUT2D eigenvalue weighted by Gasteiger charge is -2.04. The summed E-state index contributed by atoms with van der Waals surface area (Å²) in [4.78, 5) is 0. The first kappa shape index (κ1) is 9.03. The van der Waals surface area contributed by atoms with Crippen molar-refractivity contribution in [1.82, 2.24) is 4.72 Å². The summed E-state index contributed by atoms with van der Waals surface area (Å²) in [5.74, 6) is 0. The Hall–Kier alpha value is 0.0300. The van der Waals surface area contributed by atoms with Crippen LogP contribution in [0, 0.1) is 0 Å². The van der Waals surface area contributed by atoms with E-state index in [4.69, 9.17) is 5.73 Å². The zero-order chi connectivity index (χ0) is 7.11. The van der Waals surface area contributed by atoms with Crippen molar-refractivity contribution in [2.24, 2.45) is 5.73 Å². The maximum Gasteiger partial charge on any atom is 0.0181 e. The van der Waals surface area contributed by atoms with E-state index in [2.05, 4.69) is 4.72 Å². The summed E-state index contributed by atoms with van der Waals surface area (Å²) >= 11 is -2.11. The minimum absolute atomic E-state index is 0.493. The molecule has 5 heteroatoms. The minimum atomic E-state index is -2.11. The van der Waals surface area contributed by atoms with E-state index >= 15 is 0 Å². The summed E-state index contributed by atoms with van der Waals surface area (Å²) < 4.78 is 21.9. The predicted octanol–water partition coefficient (Wildman–Crippen LogP) is -0.891. The van der Waals surface area contributed by atoms with Gasteiger partial charge in [-0.25, -0.2) is 4.72 Å². The molecule has 0 spiro atoms. The Morgan fingerprint density at radius 1 is 1.56 bits per heavy atom. The average molecular weight is 151 g/mol. The van der Waals surface area contributed by atoms with Crippen molar-refractivity contribution in [2.45, 2.75) is 12.8 Å². The lowest BCUT2D eigenvalue weighted by atomic mass is 10.3. The van der Waals surface area contributed by atoms with Crippen LogP contribution in [0.5, 0.6) is 0 Å². The molecule has 0 radical (unpaired) electrons. The van der Waals surface area contributed by atoms with Crippen LogP contribution in [-0.2, 0) is 11.3 Å². The molecule has 0 heterocycles. The Kier molecular flexibility index (Phi) is 6.18. The Bertz CT molecular complexity index is 88.6. The molecule has 9 heavy (non-hydrogen) atoms. The molecule has 0 fully saturated rings.